The number of hydrogen-bond donors (Lipinski definition) is 0. The summed E-state index contributed by atoms with van der Waals surface area (Å²) in [5.41, 5.74) is 1.85. The van der Waals surface area contributed by atoms with Gasteiger partial charge < -0.3 is 9.32 Å². The van der Waals surface area contributed by atoms with Crippen LogP contribution in [-0.2, 0) is 13.0 Å². The summed E-state index contributed by atoms with van der Waals surface area (Å²) in [6.07, 6.45) is 2.00. The molecule has 0 bridgehead atoms. The van der Waals surface area contributed by atoms with Crippen molar-refractivity contribution < 1.29 is 4.42 Å². The molecular formula is C19H22ClN3OS. The highest BCUT2D eigenvalue weighted by Gasteiger charge is 2.17. The lowest BCUT2D eigenvalue weighted by molar-refractivity contribution is 0.126. The monoisotopic (exact) mass is 375 g/mol. The van der Waals surface area contributed by atoms with Crippen LogP contribution in [0.3, 0.4) is 0 Å². The van der Waals surface area contributed by atoms with Crippen molar-refractivity contribution in [2.45, 2.75) is 19.4 Å². The summed E-state index contributed by atoms with van der Waals surface area (Å²) in [5, 5.41) is 0. The van der Waals surface area contributed by atoms with E-state index in [1.165, 1.54) is 4.88 Å². The van der Waals surface area contributed by atoms with E-state index in [9.17, 15) is 0 Å². The van der Waals surface area contributed by atoms with Crippen molar-refractivity contribution in [1.82, 2.24) is 14.8 Å². The second kappa shape index (κ2) is 7.87. The topological polar surface area (TPSA) is 32.5 Å². The first-order valence-electron chi connectivity index (χ1n) is 8.80. The fourth-order valence-electron chi connectivity index (χ4n) is 3.31. The van der Waals surface area contributed by atoms with E-state index >= 15 is 0 Å². The number of nitrogens with zero attached hydrogens (tertiary/aromatic N) is 3. The maximum absolute atomic E-state index is 6.01. The summed E-state index contributed by atoms with van der Waals surface area (Å²) in [4.78, 5) is 11.0. The Morgan fingerprint density at radius 3 is 2.60 bits per heavy atom. The molecule has 0 radical (unpaired) electrons. The van der Waals surface area contributed by atoms with Gasteiger partial charge in [0.2, 0.25) is 0 Å². The van der Waals surface area contributed by atoms with Crippen molar-refractivity contribution in [1.29, 1.82) is 0 Å². The predicted molar refractivity (Wildman–Crippen MR) is 103 cm³/mol. The number of para-hydroxylation sites is 2. The average Bonchev–Trinajstić information content (AvgIpc) is 3.22. The van der Waals surface area contributed by atoms with Gasteiger partial charge in [0.25, 0.3) is 0 Å². The highest BCUT2D eigenvalue weighted by Crippen LogP contribution is 2.23. The van der Waals surface area contributed by atoms with E-state index in [2.05, 4.69) is 20.9 Å². The zero-order valence-electron chi connectivity index (χ0n) is 14.2. The molecule has 1 aliphatic rings. The molecule has 2 aromatic heterocycles. The summed E-state index contributed by atoms with van der Waals surface area (Å²) < 4.78 is 6.68. The summed E-state index contributed by atoms with van der Waals surface area (Å²) in [5.74, 6) is 0.856. The fourth-order valence-corrected chi connectivity index (χ4v) is 4.44. The first-order valence-corrected chi connectivity index (χ1v) is 9.99. The zero-order valence-corrected chi connectivity index (χ0v) is 15.7. The second-order valence-corrected chi connectivity index (χ2v) is 8.30. The molecule has 3 heterocycles. The molecule has 6 heteroatoms. The number of aromatic nitrogens is 1. The quantitative estimate of drug-likeness (QED) is 0.643. The number of hydrogen-bond acceptors (Lipinski definition) is 5. The third-order valence-electron chi connectivity index (χ3n) is 4.68. The smallest absolute Gasteiger partial charge is 0.195 e. The van der Waals surface area contributed by atoms with Gasteiger partial charge in [-0.3, -0.25) is 4.90 Å². The van der Waals surface area contributed by atoms with Crippen molar-refractivity contribution in [2.75, 3.05) is 32.7 Å². The largest absolute Gasteiger partial charge is 0.441 e. The van der Waals surface area contributed by atoms with Gasteiger partial charge in [-0.15, -0.1) is 11.3 Å². The van der Waals surface area contributed by atoms with Crippen molar-refractivity contribution in [2.24, 2.45) is 0 Å². The van der Waals surface area contributed by atoms with Gasteiger partial charge in [0.05, 0.1) is 4.34 Å². The molecule has 1 fully saturated rings. The Morgan fingerprint density at radius 2 is 1.84 bits per heavy atom. The number of piperazine rings is 1. The molecule has 4 rings (SSSR count). The Morgan fingerprint density at radius 1 is 1.04 bits per heavy atom. The normalized spacial score (nSPS) is 16.7. The second-order valence-electron chi connectivity index (χ2n) is 6.50. The number of oxazole rings is 1. The van der Waals surface area contributed by atoms with Gasteiger partial charge in [-0.2, -0.15) is 0 Å². The van der Waals surface area contributed by atoms with Crippen LogP contribution in [0.1, 0.15) is 17.2 Å². The van der Waals surface area contributed by atoms with Crippen LogP contribution in [-0.4, -0.2) is 47.5 Å². The number of aryl methyl sites for hydroxylation is 1. The molecule has 0 unspecified atom stereocenters. The summed E-state index contributed by atoms with van der Waals surface area (Å²) in [6, 6.07) is 12.1. The minimum absolute atomic E-state index is 0.856. The summed E-state index contributed by atoms with van der Waals surface area (Å²) in [6.45, 7) is 6.64. The van der Waals surface area contributed by atoms with E-state index in [4.69, 9.17) is 16.0 Å². The Balaban J connectivity index is 1.20. The summed E-state index contributed by atoms with van der Waals surface area (Å²) >= 11 is 7.70. The van der Waals surface area contributed by atoms with E-state index in [-0.39, 0.29) is 0 Å². The maximum atomic E-state index is 6.01. The molecule has 25 heavy (non-hydrogen) atoms. The van der Waals surface area contributed by atoms with Crippen LogP contribution in [0.2, 0.25) is 4.34 Å². The number of thiophene rings is 1. The standard InChI is InChI=1S/C19H22ClN3OS/c20-18-8-7-15(25-18)14-23-12-10-22(11-13-23)9-3-6-19-21-16-4-1-2-5-17(16)24-19/h1-2,4-5,7-8H,3,6,9-14H2. The Bertz CT molecular complexity index is 790. The van der Waals surface area contributed by atoms with Crippen LogP contribution in [0, 0.1) is 0 Å². The SMILES string of the molecule is Clc1ccc(CN2CCN(CCCc3nc4ccccc4o3)CC2)s1. The first kappa shape index (κ1) is 17.0. The Kier molecular flexibility index (Phi) is 5.36. The molecule has 0 N–H and O–H groups in total. The van der Waals surface area contributed by atoms with Crippen LogP contribution in [0.15, 0.2) is 40.8 Å². The number of halogens is 1. The molecule has 3 aromatic rings. The fraction of sp³-hybridized carbons (Fsp3) is 0.421. The van der Waals surface area contributed by atoms with Crippen molar-refractivity contribution in [3.05, 3.63) is 51.5 Å². The van der Waals surface area contributed by atoms with Crippen molar-refractivity contribution in [3.8, 4) is 0 Å². The Hall–Kier alpha value is -1.40. The van der Waals surface area contributed by atoms with Crippen LogP contribution in [0.5, 0.6) is 0 Å². The molecule has 1 aromatic carbocycles. The molecule has 0 amide bonds. The number of fused-ring (bicyclic) bond motifs is 1. The van der Waals surface area contributed by atoms with Gasteiger partial charge in [-0.05, 0) is 37.2 Å². The third kappa shape index (κ3) is 4.42. The van der Waals surface area contributed by atoms with Gasteiger partial charge in [-0.1, -0.05) is 23.7 Å². The lowest BCUT2D eigenvalue weighted by Gasteiger charge is -2.34. The minimum atomic E-state index is 0.856. The lowest BCUT2D eigenvalue weighted by Crippen LogP contribution is -2.46. The average molecular weight is 376 g/mol. The molecule has 0 atom stereocenters. The van der Waals surface area contributed by atoms with Crippen LogP contribution < -0.4 is 0 Å². The van der Waals surface area contributed by atoms with Gasteiger partial charge in [-0.25, -0.2) is 4.98 Å². The van der Waals surface area contributed by atoms with E-state index in [1.807, 2.05) is 30.3 Å². The number of benzene rings is 1. The van der Waals surface area contributed by atoms with E-state index < -0.39 is 0 Å². The van der Waals surface area contributed by atoms with Gasteiger partial charge >= 0.3 is 0 Å². The Labute approximate surface area is 157 Å². The highest BCUT2D eigenvalue weighted by atomic mass is 35.5. The van der Waals surface area contributed by atoms with Crippen molar-refractivity contribution in [3.63, 3.8) is 0 Å². The van der Waals surface area contributed by atoms with Gasteiger partial charge in [0, 0.05) is 44.0 Å². The van der Waals surface area contributed by atoms with Crippen molar-refractivity contribution >= 4 is 34.0 Å². The van der Waals surface area contributed by atoms with Gasteiger partial charge in [0.1, 0.15) is 5.52 Å². The molecule has 0 spiro atoms. The van der Waals surface area contributed by atoms with E-state index in [0.29, 0.717) is 0 Å². The number of rotatable bonds is 6. The molecule has 1 aliphatic heterocycles. The molecule has 1 saturated heterocycles. The molecular weight excluding hydrogens is 354 g/mol. The van der Waals surface area contributed by atoms with E-state index in [1.54, 1.807) is 11.3 Å². The lowest BCUT2D eigenvalue weighted by atomic mass is 10.2. The highest BCUT2D eigenvalue weighted by molar-refractivity contribution is 7.16. The maximum Gasteiger partial charge on any atom is 0.195 e. The molecule has 0 aliphatic carbocycles. The molecule has 4 nitrogen and oxygen atoms in total. The van der Waals surface area contributed by atoms with E-state index in [0.717, 1.165) is 73.4 Å². The zero-order chi connectivity index (χ0) is 17.1. The third-order valence-corrected chi connectivity index (χ3v) is 5.89. The van der Waals surface area contributed by atoms with Crippen LogP contribution >= 0.6 is 22.9 Å². The van der Waals surface area contributed by atoms with Crippen LogP contribution in [0.4, 0.5) is 0 Å². The first-order chi connectivity index (χ1) is 12.3. The molecule has 0 saturated carbocycles. The minimum Gasteiger partial charge on any atom is -0.441 e. The molecule has 132 valence electrons. The summed E-state index contributed by atoms with van der Waals surface area (Å²) in [7, 11) is 0. The predicted octanol–water partition coefficient (Wildman–Crippen LogP) is 4.29. The van der Waals surface area contributed by atoms with Crippen LogP contribution in [0.25, 0.3) is 11.1 Å². The van der Waals surface area contributed by atoms with Gasteiger partial charge in [0.15, 0.2) is 11.5 Å².